The van der Waals surface area contributed by atoms with Gasteiger partial charge in [0.05, 0.1) is 0 Å². The number of aromatic carboxylic acids is 1. The second-order valence-corrected chi connectivity index (χ2v) is 4.76. The van der Waals surface area contributed by atoms with Gasteiger partial charge in [0, 0.05) is 4.47 Å². The lowest BCUT2D eigenvalue weighted by molar-refractivity contribution is 0.0655. The number of benzene rings is 1. The van der Waals surface area contributed by atoms with Crippen molar-refractivity contribution >= 4 is 21.9 Å². The van der Waals surface area contributed by atoms with Crippen LogP contribution in [0.2, 0.25) is 0 Å². The van der Waals surface area contributed by atoms with Gasteiger partial charge in [0.1, 0.15) is 5.76 Å². The molecular weight excluding hydrogens is 319 g/mol. The number of carboxylic acid groups (broad SMARTS) is 1. The standard InChI is InChI=1S/C13H10BrFO4/c1-7(10-4-5-11(19-10)13(16)17)18-12-6-8(14)2-3-9(12)15/h2-7H,1H3,(H,16,17). The summed E-state index contributed by atoms with van der Waals surface area (Å²) in [5.74, 6) is -1.46. The lowest BCUT2D eigenvalue weighted by Gasteiger charge is -2.13. The van der Waals surface area contributed by atoms with Crippen molar-refractivity contribution in [2.24, 2.45) is 0 Å². The molecule has 1 atom stereocenters. The van der Waals surface area contributed by atoms with Gasteiger partial charge in [-0.05, 0) is 37.3 Å². The fourth-order valence-corrected chi connectivity index (χ4v) is 1.84. The molecule has 1 unspecified atom stereocenters. The van der Waals surface area contributed by atoms with Gasteiger partial charge >= 0.3 is 5.97 Å². The van der Waals surface area contributed by atoms with Crippen LogP contribution in [-0.2, 0) is 0 Å². The maximum Gasteiger partial charge on any atom is 0.371 e. The Balaban J connectivity index is 2.17. The molecule has 1 aromatic heterocycles. The molecule has 0 bridgehead atoms. The van der Waals surface area contributed by atoms with Crippen LogP contribution in [0.4, 0.5) is 4.39 Å². The highest BCUT2D eigenvalue weighted by molar-refractivity contribution is 9.10. The van der Waals surface area contributed by atoms with Gasteiger partial charge in [0.15, 0.2) is 17.7 Å². The third-order valence-electron chi connectivity index (χ3n) is 2.44. The van der Waals surface area contributed by atoms with E-state index in [0.717, 1.165) is 0 Å². The maximum absolute atomic E-state index is 13.5. The van der Waals surface area contributed by atoms with Crippen molar-refractivity contribution in [2.45, 2.75) is 13.0 Å². The van der Waals surface area contributed by atoms with Crippen LogP contribution in [0.25, 0.3) is 0 Å². The molecule has 0 amide bonds. The normalized spacial score (nSPS) is 12.2. The van der Waals surface area contributed by atoms with Gasteiger partial charge < -0.3 is 14.3 Å². The van der Waals surface area contributed by atoms with E-state index in [4.69, 9.17) is 14.3 Å². The SMILES string of the molecule is CC(Oc1cc(Br)ccc1F)c1ccc(C(=O)O)o1. The summed E-state index contributed by atoms with van der Waals surface area (Å²) in [6.07, 6.45) is -0.600. The van der Waals surface area contributed by atoms with Gasteiger partial charge in [-0.25, -0.2) is 9.18 Å². The molecule has 1 aromatic carbocycles. The lowest BCUT2D eigenvalue weighted by atomic mass is 10.3. The Kier molecular flexibility index (Phi) is 3.90. The second-order valence-electron chi connectivity index (χ2n) is 3.84. The van der Waals surface area contributed by atoms with Gasteiger partial charge in [-0.15, -0.1) is 0 Å². The molecular formula is C13H10BrFO4. The Labute approximate surface area is 116 Å². The summed E-state index contributed by atoms with van der Waals surface area (Å²) in [6, 6.07) is 7.14. The average molecular weight is 329 g/mol. The summed E-state index contributed by atoms with van der Waals surface area (Å²) in [5, 5.41) is 8.75. The number of rotatable bonds is 4. The molecule has 1 N–H and O–H groups in total. The van der Waals surface area contributed by atoms with E-state index in [0.29, 0.717) is 10.2 Å². The Morgan fingerprint density at radius 3 is 2.79 bits per heavy atom. The average Bonchev–Trinajstić information content (AvgIpc) is 2.83. The molecule has 0 radical (unpaired) electrons. The molecule has 19 heavy (non-hydrogen) atoms. The topological polar surface area (TPSA) is 59.7 Å². The molecule has 0 aliphatic carbocycles. The minimum atomic E-state index is -1.16. The molecule has 2 aromatic rings. The van der Waals surface area contributed by atoms with E-state index in [1.165, 1.54) is 24.3 Å². The van der Waals surface area contributed by atoms with Crippen molar-refractivity contribution in [1.29, 1.82) is 0 Å². The van der Waals surface area contributed by atoms with E-state index < -0.39 is 17.9 Å². The quantitative estimate of drug-likeness (QED) is 0.920. The van der Waals surface area contributed by atoms with Crippen LogP contribution in [0, 0.1) is 5.82 Å². The van der Waals surface area contributed by atoms with Crippen molar-refractivity contribution in [3.05, 3.63) is 52.1 Å². The third kappa shape index (κ3) is 3.14. The van der Waals surface area contributed by atoms with Gasteiger partial charge in [-0.2, -0.15) is 0 Å². The number of furan rings is 1. The van der Waals surface area contributed by atoms with Crippen molar-refractivity contribution in [2.75, 3.05) is 0 Å². The first kappa shape index (κ1) is 13.6. The van der Waals surface area contributed by atoms with E-state index in [1.807, 2.05) is 0 Å². The highest BCUT2D eigenvalue weighted by atomic mass is 79.9. The molecule has 0 saturated carbocycles. The number of hydrogen-bond acceptors (Lipinski definition) is 3. The molecule has 0 fully saturated rings. The van der Waals surface area contributed by atoms with Crippen molar-refractivity contribution in [1.82, 2.24) is 0 Å². The third-order valence-corrected chi connectivity index (χ3v) is 2.93. The van der Waals surface area contributed by atoms with Crippen LogP contribution in [0.5, 0.6) is 5.75 Å². The molecule has 0 spiro atoms. The summed E-state index contributed by atoms with van der Waals surface area (Å²) in [4.78, 5) is 10.7. The number of carbonyl (C=O) groups is 1. The first-order valence-corrected chi connectivity index (χ1v) is 6.21. The number of ether oxygens (including phenoxy) is 1. The van der Waals surface area contributed by atoms with Gasteiger partial charge in [0.2, 0.25) is 5.76 Å². The Bertz CT molecular complexity index is 608. The molecule has 0 saturated heterocycles. The van der Waals surface area contributed by atoms with Gasteiger partial charge in [-0.1, -0.05) is 15.9 Å². The zero-order chi connectivity index (χ0) is 14.0. The highest BCUT2D eigenvalue weighted by Crippen LogP contribution is 2.28. The zero-order valence-corrected chi connectivity index (χ0v) is 11.5. The molecule has 6 heteroatoms. The molecule has 100 valence electrons. The largest absolute Gasteiger partial charge is 0.480 e. The van der Waals surface area contributed by atoms with Crippen molar-refractivity contribution in [3.63, 3.8) is 0 Å². The summed E-state index contributed by atoms with van der Waals surface area (Å²) >= 11 is 3.22. The molecule has 1 heterocycles. The summed E-state index contributed by atoms with van der Waals surface area (Å²) in [5.41, 5.74) is 0. The predicted molar refractivity (Wildman–Crippen MR) is 68.8 cm³/mol. The van der Waals surface area contributed by atoms with E-state index in [9.17, 15) is 9.18 Å². The first-order valence-electron chi connectivity index (χ1n) is 5.42. The second kappa shape index (κ2) is 5.44. The number of hydrogen-bond donors (Lipinski definition) is 1. The van der Waals surface area contributed by atoms with E-state index in [-0.39, 0.29) is 11.5 Å². The summed E-state index contributed by atoms with van der Waals surface area (Å²) in [6.45, 7) is 1.64. The first-order chi connectivity index (χ1) is 8.97. The molecule has 4 nitrogen and oxygen atoms in total. The van der Waals surface area contributed by atoms with Crippen LogP contribution in [0.3, 0.4) is 0 Å². The van der Waals surface area contributed by atoms with E-state index >= 15 is 0 Å². The number of carboxylic acids is 1. The van der Waals surface area contributed by atoms with Crippen molar-refractivity contribution in [3.8, 4) is 5.75 Å². The Morgan fingerprint density at radius 2 is 2.16 bits per heavy atom. The monoisotopic (exact) mass is 328 g/mol. The van der Waals surface area contributed by atoms with Crippen LogP contribution in [0.1, 0.15) is 29.3 Å². The Morgan fingerprint density at radius 1 is 1.42 bits per heavy atom. The smallest absolute Gasteiger partial charge is 0.371 e. The van der Waals surface area contributed by atoms with Gasteiger partial charge in [0.25, 0.3) is 0 Å². The molecule has 0 aliphatic rings. The molecule has 2 rings (SSSR count). The van der Waals surface area contributed by atoms with E-state index in [1.54, 1.807) is 13.0 Å². The minimum absolute atomic E-state index is 0.0650. The van der Waals surface area contributed by atoms with Crippen LogP contribution < -0.4 is 4.74 Å². The van der Waals surface area contributed by atoms with Crippen LogP contribution in [0.15, 0.2) is 39.2 Å². The fourth-order valence-electron chi connectivity index (χ4n) is 1.50. The van der Waals surface area contributed by atoms with Crippen molar-refractivity contribution < 1.29 is 23.4 Å². The minimum Gasteiger partial charge on any atom is -0.480 e. The number of halogens is 2. The van der Waals surface area contributed by atoms with E-state index in [2.05, 4.69) is 15.9 Å². The fraction of sp³-hybridized carbons (Fsp3) is 0.154. The van der Waals surface area contributed by atoms with Gasteiger partial charge in [-0.3, -0.25) is 0 Å². The maximum atomic E-state index is 13.5. The van der Waals surface area contributed by atoms with Crippen LogP contribution in [-0.4, -0.2) is 11.1 Å². The Hall–Kier alpha value is -1.82. The molecule has 0 aliphatic heterocycles. The highest BCUT2D eigenvalue weighted by Gasteiger charge is 2.17. The lowest BCUT2D eigenvalue weighted by Crippen LogP contribution is -2.03. The predicted octanol–water partition coefficient (Wildman–Crippen LogP) is 4.02. The summed E-state index contributed by atoms with van der Waals surface area (Å²) < 4.78 is 24.7. The zero-order valence-electron chi connectivity index (χ0n) is 9.89. The summed E-state index contributed by atoms with van der Waals surface area (Å²) in [7, 11) is 0. The van der Waals surface area contributed by atoms with Crippen LogP contribution >= 0.6 is 15.9 Å².